The van der Waals surface area contributed by atoms with Gasteiger partial charge in [0.2, 0.25) is 11.7 Å². The molecule has 1 aromatic heterocycles. The van der Waals surface area contributed by atoms with Crippen LogP contribution in [0.1, 0.15) is 31.7 Å². The predicted molar refractivity (Wildman–Crippen MR) is 70.7 cm³/mol. The Labute approximate surface area is 111 Å². The summed E-state index contributed by atoms with van der Waals surface area (Å²) in [6.45, 7) is 4.45. The Morgan fingerprint density at radius 2 is 2.21 bits per heavy atom. The summed E-state index contributed by atoms with van der Waals surface area (Å²) in [4.78, 5) is 4.23. The number of nitrogens with zero attached hydrogens (tertiary/aromatic N) is 2. The molecule has 0 saturated carbocycles. The minimum atomic E-state index is -0.120. The number of aryl methyl sites for hydroxylation is 1. The highest BCUT2D eigenvalue weighted by Gasteiger charge is 2.26. The summed E-state index contributed by atoms with van der Waals surface area (Å²) in [6.07, 6.45) is 2.06. The van der Waals surface area contributed by atoms with Crippen LogP contribution in [0.4, 0.5) is 0 Å². The van der Waals surface area contributed by atoms with Crippen molar-refractivity contribution in [3.05, 3.63) is 29.7 Å². The summed E-state index contributed by atoms with van der Waals surface area (Å²) < 4.78 is 11.0. The van der Waals surface area contributed by atoms with Crippen molar-refractivity contribution in [1.82, 2.24) is 10.1 Å². The van der Waals surface area contributed by atoms with E-state index in [1.807, 2.05) is 12.1 Å². The lowest BCUT2D eigenvalue weighted by atomic mass is 9.93. The fourth-order valence-electron chi connectivity index (χ4n) is 2.23. The van der Waals surface area contributed by atoms with Crippen LogP contribution in [-0.2, 0) is 13.0 Å². The number of hydrogen-bond acceptors (Lipinski definition) is 5. The molecule has 0 atom stereocenters. The highest BCUT2D eigenvalue weighted by atomic mass is 16.5. The first-order chi connectivity index (χ1) is 9.07. The molecule has 0 fully saturated rings. The largest absolute Gasteiger partial charge is 0.488 e. The Kier molecular flexibility index (Phi) is 2.78. The Morgan fingerprint density at radius 1 is 1.37 bits per heavy atom. The molecule has 0 unspecified atom stereocenters. The number of fused-ring (bicyclic) bond motifs is 1. The van der Waals surface area contributed by atoms with E-state index in [0.717, 1.165) is 24.2 Å². The monoisotopic (exact) mass is 259 g/mol. The lowest BCUT2D eigenvalue weighted by Gasteiger charge is -2.32. The van der Waals surface area contributed by atoms with Gasteiger partial charge in [0.1, 0.15) is 11.4 Å². The van der Waals surface area contributed by atoms with E-state index in [-0.39, 0.29) is 12.1 Å². The smallest absolute Gasteiger partial charge is 0.240 e. The normalized spacial score (nSPS) is 16.8. The molecule has 0 spiro atoms. The van der Waals surface area contributed by atoms with Gasteiger partial charge < -0.3 is 15.0 Å². The second-order valence-corrected chi connectivity index (χ2v) is 5.40. The molecule has 0 radical (unpaired) electrons. The molecule has 0 aliphatic carbocycles. The van der Waals surface area contributed by atoms with E-state index >= 15 is 0 Å². The van der Waals surface area contributed by atoms with Gasteiger partial charge in [-0.1, -0.05) is 17.3 Å². The minimum Gasteiger partial charge on any atom is -0.488 e. The molecule has 1 aliphatic heterocycles. The molecule has 5 heteroatoms. The van der Waals surface area contributed by atoms with Gasteiger partial charge in [0.05, 0.1) is 6.54 Å². The van der Waals surface area contributed by atoms with Gasteiger partial charge in [-0.3, -0.25) is 0 Å². The molecule has 0 saturated heterocycles. The third kappa shape index (κ3) is 2.33. The fraction of sp³-hybridized carbons (Fsp3) is 0.429. The Hall–Kier alpha value is -1.88. The Morgan fingerprint density at radius 3 is 2.95 bits per heavy atom. The molecule has 2 heterocycles. The van der Waals surface area contributed by atoms with Crippen molar-refractivity contribution in [1.29, 1.82) is 0 Å². The van der Waals surface area contributed by atoms with Crippen LogP contribution >= 0.6 is 0 Å². The zero-order valence-electron chi connectivity index (χ0n) is 11.1. The SMILES string of the molecule is CC1(C)CCc2ccc(-c3noc(CN)n3)cc2O1. The van der Waals surface area contributed by atoms with Gasteiger partial charge in [0.25, 0.3) is 0 Å². The number of ether oxygens (including phenoxy) is 1. The summed E-state index contributed by atoms with van der Waals surface area (Å²) in [5.41, 5.74) is 7.46. The average molecular weight is 259 g/mol. The first kappa shape index (κ1) is 12.2. The van der Waals surface area contributed by atoms with Crippen molar-refractivity contribution in [3.8, 4) is 17.1 Å². The van der Waals surface area contributed by atoms with Crippen molar-refractivity contribution in [2.24, 2.45) is 5.73 Å². The first-order valence-electron chi connectivity index (χ1n) is 6.42. The summed E-state index contributed by atoms with van der Waals surface area (Å²) in [5, 5.41) is 3.92. The summed E-state index contributed by atoms with van der Waals surface area (Å²) >= 11 is 0. The van der Waals surface area contributed by atoms with E-state index in [0.29, 0.717) is 11.7 Å². The number of benzene rings is 1. The van der Waals surface area contributed by atoms with Gasteiger partial charge in [-0.15, -0.1) is 0 Å². The molecular weight excluding hydrogens is 242 g/mol. The third-order valence-corrected chi connectivity index (χ3v) is 3.35. The number of aromatic nitrogens is 2. The second kappa shape index (κ2) is 4.35. The van der Waals surface area contributed by atoms with Crippen molar-refractivity contribution < 1.29 is 9.26 Å². The maximum absolute atomic E-state index is 6.00. The van der Waals surface area contributed by atoms with Gasteiger partial charge in [0, 0.05) is 5.56 Å². The van der Waals surface area contributed by atoms with Gasteiger partial charge in [-0.05, 0) is 38.3 Å². The minimum absolute atomic E-state index is 0.120. The zero-order valence-corrected chi connectivity index (χ0v) is 11.1. The topological polar surface area (TPSA) is 74.2 Å². The molecule has 19 heavy (non-hydrogen) atoms. The van der Waals surface area contributed by atoms with E-state index in [2.05, 4.69) is 30.1 Å². The van der Waals surface area contributed by atoms with E-state index in [4.69, 9.17) is 15.0 Å². The van der Waals surface area contributed by atoms with E-state index < -0.39 is 0 Å². The highest BCUT2D eigenvalue weighted by molar-refractivity contribution is 5.59. The van der Waals surface area contributed by atoms with Crippen LogP contribution < -0.4 is 10.5 Å². The molecule has 5 nitrogen and oxygen atoms in total. The standard InChI is InChI=1S/C14H17N3O2/c1-14(2)6-5-9-3-4-10(7-11(9)18-14)13-16-12(8-15)19-17-13/h3-4,7H,5-6,8,15H2,1-2H3. The maximum atomic E-state index is 6.00. The number of rotatable bonds is 2. The average Bonchev–Trinajstić information content (AvgIpc) is 2.85. The summed E-state index contributed by atoms with van der Waals surface area (Å²) in [6, 6.07) is 6.03. The van der Waals surface area contributed by atoms with Gasteiger partial charge in [-0.25, -0.2) is 0 Å². The fourth-order valence-corrected chi connectivity index (χ4v) is 2.23. The van der Waals surface area contributed by atoms with Gasteiger partial charge in [-0.2, -0.15) is 4.98 Å². The van der Waals surface area contributed by atoms with Crippen LogP contribution in [0.2, 0.25) is 0 Å². The highest BCUT2D eigenvalue weighted by Crippen LogP contribution is 2.35. The molecule has 0 amide bonds. The van der Waals surface area contributed by atoms with Crippen LogP contribution in [0.15, 0.2) is 22.7 Å². The molecule has 0 bridgehead atoms. The molecule has 1 aromatic carbocycles. The quantitative estimate of drug-likeness (QED) is 0.895. The van der Waals surface area contributed by atoms with Gasteiger partial charge >= 0.3 is 0 Å². The molecule has 3 rings (SSSR count). The summed E-state index contributed by atoms with van der Waals surface area (Å²) in [7, 11) is 0. The molecule has 2 aromatic rings. The maximum Gasteiger partial charge on any atom is 0.240 e. The lowest BCUT2D eigenvalue weighted by molar-refractivity contribution is 0.0848. The van der Waals surface area contributed by atoms with Crippen molar-refractivity contribution in [2.75, 3.05) is 0 Å². The molecule has 1 aliphatic rings. The second-order valence-electron chi connectivity index (χ2n) is 5.40. The third-order valence-electron chi connectivity index (χ3n) is 3.35. The van der Waals surface area contributed by atoms with E-state index in [1.165, 1.54) is 5.56 Å². The van der Waals surface area contributed by atoms with Crippen molar-refractivity contribution in [3.63, 3.8) is 0 Å². The number of nitrogens with two attached hydrogens (primary N) is 1. The Balaban J connectivity index is 1.96. The lowest BCUT2D eigenvalue weighted by Crippen LogP contribution is -2.32. The van der Waals surface area contributed by atoms with Crippen LogP contribution in [0.25, 0.3) is 11.4 Å². The van der Waals surface area contributed by atoms with Crippen LogP contribution in [0, 0.1) is 0 Å². The van der Waals surface area contributed by atoms with Gasteiger partial charge in [0.15, 0.2) is 0 Å². The summed E-state index contributed by atoms with van der Waals surface area (Å²) in [5.74, 6) is 1.90. The van der Waals surface area contributed by atoms with Crippen molar-refractivity contribution in [2.45, 2.75) is 38.8 Å². The van der Waals surface area contributed by atoms with E-state index in [9.17, 15) is 0 Å². The number of hydrogen-bond donors (Lipinski definition) is 1. The Bertz CT molecular complexity index is 604. The molecular formula is C14H17N3O2. The molecule has 100 valence electrons. The first-order valence-corrected chi connectivity index (χ1v) is 6.42. The van der Waals surface area contributed by atoms with Crippen LogP contribution in [0.5, 0.6) is 5.75 Å². The zero-order chi connectivity index (χ0) is 13.5. The van der Waals surface area contributed by atoms with E-state index in [1.54, 1.807) is 0 Å². The predicted octanol–water partition coefficient (Wildman–Crippen LogP) is 2.30. The van der Waals surface area contributed by atoms with Crippen LogP contribution in [0.3, 0.4) is 0 Å². The molecule has 2 N–H and O–H groups in total. The van der Waals surface area contributed by atoms with Crippen molar-refractivity contribution >= 4 is 0 Å². The van der Waals surface area contributed by atoms with Crippen LogP contribution in [-0.4, -0.2) is 15.7 Å².